The molecule has 118 valence electrons. The number of nitrogens with one attached hydrogen (secondary N) is 1. The van der Waals surface area contributed by atoms with Gasteiger partial charge in [-0.3, -0.25) is 0 Å². The molecule has 8 heteroatoms. The van der Waals surface area contributed by atoms with Gasteiger partial charge < -0.3 is 10.4 Å². The van der Waals surface area contributed by atoms with Crippen molar-refractivity contribution < 1.29 is 17.9 Å². The van der Waals surface area contributed by atoms with Gasteiger partial charge in [0.2, 0.25) is 10.0 Å². The van der Waals surface area contributed by atoms with Gasteiger partial charge in [0.25, 0.3) is 0 Å². The number of nitrogens with zero attached hydrogens (tertiary/aromatic N) is 1. The fourth-order valence-electron chi connectivity index (χ4n) is 2.39. The molecule has 1 fully saturated rings. The predicted octanol–water partition coefficient (Wildman–Crippen LogP) is 1.21. The van der Waals surface area contributed by atoms with Crippen LogP contribution in [-0.2, 0) is 10.0 Å². The van der Waals surface area contributed by atoms with Crippen molar-refractivity contribution in [2.75, 3.05) is 26.2 Å². The quantitative estimate of drug-likeness (QED) is 0.819. The number of aliphatic hydroxyl groups is 1. The molecule has 0 spiro atoms. The molecule has 21 heavy (non-hydrogen) atoms. The van der Waals surface area contributed by atoms with Gasteiger partial charge in [0.1, 0.15) is 10.7 Å². The largest absolute Gasteiger partial charge is 0.395 e. The minimum atomic E-state index is -3.94. The molecule has 1 saturated heterocycles. The fourth-order valence-corrected chi connectivity index (χ4v) is 4.36. The van der Waals surface area contributed by atoms with E-state index in [1.54, 1.807) is 0 Å². The summed E-state index contributed by atoms with van der Waals surface area (Å²) in [5.74, 6) is -0.666. The maximum atomic E-state index is 13.3. The van der Waals surface area contributed by atoms with Gasteiger partial charge in [-0.15, -0.1) is 0 Å². The summed E-state index contributed by atoms with van der Waals surface area (Å²) in [5, 5.41) is 12.3. The van der Waals surface area contributed by atoms with E-state index in [9.17, 15) is 12.8 Å². The topological polar surface area (TPSA) is 69.6 Å². The van der Waals surface area contributed by atoms with Crippen LogP contribution in [0.2, 0.25) is 5.02 Å². The van der Waals surface area contributed by atoms with Gasteiger partial charge >= 0.3 is 0 Å². The van der Waals surface area contributed by atoms with Crippen molar-refractivity contribution in [1.82, 2.24) is 9.62 Å². The third kappa shape index (κ3) is 3.92. The molecule has 0 saturated carbocycles. The van der Waals surface area contributed by atoms with Crippen LogP contribution in [-0.4, -0.2) is 50.1 Å². The van der Waals surface area contributed by atoms with E-state index in [1.165, 1.54) is 6.07 Å². The Morgan fingerprint density at radius 1 is 1.48 bits per heavy atom. The highest BCUT2D eigenvalue weighted by molar-refractivity contribution is 7.89. The Balaban J connectivity index is 2.29. The van der Waals surface area contributed by atoms with Crippen molar-refractivity contribution in [3.8, 4) is 0 Å². The second-order valence-corrected chi connectivity index (χ2v) is 7.27. The van der Waals surface area contributed by atoms with Gasteiger partial charge in [-0.2, -0.15) is 4.31 Å². The molecule has 2 N–H and O–H groups in total. The Labute approximate surface area is 128 Å². The maximum Gasteiger partial charge on any atom is 0.244 e. The van der Waals surface area contributed by atoms with Gasteiger partial charge in [-0.05, 0) is 37.6 Å². The molecule has 0 bridgehead atoms. The van der Waals surface area contributed by atoms with Crippen LogP contribution in [0.25, 0.3) is 0 Å². The first kappa shape index (κ1) is 16.6. The number of hydrogen-bond acceptors (Lipinski definition) is 4. The Morgan fingerprint density at radius 3 is 2.86 bits per heavy atom. The van der Waals surface area contributed by atoms with Crippen molar-refractivity contribution in [3.05, 3.63) is 29.0 Å². The second-order valence-electron chi connectivity index (χ2n) is 4.95. The van der Waals surface area contributed by atoms with Crippen molar-refractivity contribution in [1.29, 1.82) is 0 Å². The van der Waals surface area contributed by atoms with Crippen molar-refractivity contribution in [2.45, 2.75) is 23.8 Å². The van der Waals surface area contributed by atoms with E-state index in [1.807, 2.05) is 0 Å². The molecule has 0 aromatic heterocycles. The van der Waals surface area contributed by atoms with Crippen LogP contribution in [0.5, 0.6) is 0 Å². The van der Waals surface area contributed by atoms with Gasteiger partial charge in [-0.1, -0.05) is 11.6 Å². The van der Waals surface area contributed by atoms with Gasteiger partial charge in [0, 0.05) is 19.1 Å². The molecule has 2 rings (SSSR count). The number of benzene rings is 1. The minimum absolute atomic E-state index is 0.0290. The van der Waals surface area contributed by atoms with Crippen molar-refractivity contribution in [2.24, 2.45) is 0 Å². The summed E-state index contributed by atoms with van der Waals surface area (Å²) in [4.78, 5) is -0.268. The molecule has 0 radical (unpaired) electrons. The molecule has 5 nitrogen and oxygen atoms in total. The highest BCUT2D eigenvalue weighted by Crippen LogP contribution is 2.26. The van der Waals surface area contributed by atoms with Gasteiger partial charge in [0.15, 0.2) is 0 Å². The minimum Gasteiger partial charge on any atom is -0.395 e. The third-order valence-electron chi connectivity index (χ3n) is 3.45. The lowest BCUT2D eigenvalue weighted by molar-refractivity contribution is 0.246. The standard InChI is InChI=1S/C13H18ClFN2O3S/c14-12-4-3-10(15)8-13(12)21(19,20)17(6-7-18)9-11-2-1-5-16-11/h3-4,8,11,16,18H,1-2,5-7,9H2. The predicted molar refractivity (Wildman–Crippen MR) is 78.3 cm³/mol. The van der Waals surface area contributed by atoms with Crippen LogP contribution in [0, 0.1) is 5.82 Å². The molecular weight excluding hydrogens is 319 g/mol. The smallest absolute Gasteiger partial charge is 0.244 e. The van der Waals surface area contributed by atoms with Crippen LogP contribution >= 0.6 is 11.6 Å². The third-order valence-corrected chi connectivity index (χ3v) is 5.79. The summed E-state index contributed by atoms with van der Waals surface area (Å²) in [6, 6.07) is 3.27. The van der Waals surface area contributed by atoms with E-state index < -0.39 is 15.8 Å². The van der Waals surface area contributed by atoms with E-state index in [0.717, 1.165) is 35.8 Å². The Morgan fingerprint density at radius 2 is 2.24 bits per heavy atom. The van der Waals surface area contributed by atoms with Crippen LogP contribution in [0.15, 0.2) is 23.1 Å². The Bertz CT molecular complexity index is 591. The lowest BCUT2D eigenvalue weighted by Crippen LogP contribution is -2.42. The first-order valence-corrected chi connectivity index (χ1v) is 8.56. The zero-order chi connectivity index (χ0) is 15.5. The first-order chi connectivity index (χ1) is 9.95. The molecule has 1 aromatic carbocycles. The summed E-state index contributed by atoms with van der Waals surface area (Å²) in [5.41, 5.74) is 0. The van der Waals surface area contributed by atoms with Crippen LogP contribution < -0.4 is 5.32 Å². The van der Waals surface area contributed by atoms with Crippen LogP contribution in [0.3, 0.4) is 0 Å². The number of halogens is 2. The maximum absolute atomic E-state index is 13.3. The van der Waals surface area contributed by atoms with E-state index >= 15 is 0 Å². The van der Waals surface area contributed by atoms with E-state index in [0.29, 0.717) is 0 Å². The average Bonchev–Trinajstić information content (AvgIpc) is 2.94. The van der Waals surface area contributed by atoms with Gasteiger partial charge in [-0.25, -0.2) is 12.8 Å². The number of rotatable bonds is 6. The molecule has 1 atom stereocenters. The summed E-state index contributed by atoms with van der Waals surface area (Å²) in [6.07, 6.45) is 1.85. The molecule has 1 aliphatic heterocycles. The molecule has 1 unspecified atom stereocenters. The zero-order valence-electron chi connectivity index (χ0n) is 11.4. The summed E-state index contributed by atoms with van der Waals surface area (Å²) >= 11 is 5.89. The molecule has 1 aliphatic rings. The monoisotopic (exact) mass is 336 g/mol. The highest BCUT2D eigenvalue weighted by Gasteiger charge is 2.30. The van der Waals surface area contributed by atoms with Crippen LogP contribution in [0.1, 0.15) is 12.8 Å². The molecule has 0 amide bonds. The first-order valence-electron chi connectivity index (χ1n) is 6.74. The summed E-state index contributed by atoms with van der Waals surface area (Å²) in [6.45, 7) is 0.723. The van der Waals surface area contributed by atoms with E-state index in [4.69, 9.17) is 16.7 Å². The highest BCUT2D eigenvalue weighted by atomic mass is 35.5. The average molecular weight is 337 g/mol. The molecule has 1 aromatic rings. The summed E-state index contributed by atoms with van der Waals surface area (Å²) < 4.78 is 39.7. The number of aliphatic hydroxyl groups excluding tert-OH is 1. The lowest BCUT2D eigenvalue weighted by Gasteiger charge is -2.25. The van der Waals surface area contributed by atoms with Gasteiger partial charge in [0.05, 0.1) is 11.6 Å². The van der Waals surface area contributed by atoms with Crippen LogP contribution in [0.4, 0.5) is 4.39 Å². The molecular formula is C13H18ClFN2O3S. The summed E-state index contributed by atoms with van der Waals surface area (Å²) in [7, 11) is -3.94. The van der Waals surface area contributed by atoms with Crippen molar-refractivity contribution >= 4 is 21.6 Å². The number of sulfonamides is 1. The van der Waals surface area contributed by atoms with E-state index in [2.05, 4.69) is 5.32 Å². The van der Waals surface area contributed by atoms with E-state index in [-0.39, 0.29) is 35.7 Å². The number of hydrogen-bond donors (Lipinski definition) is 2. The molecule has 1 heterocycles. The Kier molecular flexibility index (Phi) is 5.56. The Hall–Kier alpha value is -0.730. The zero-order valence-corrected chi connectivity index (χ0v) is 13.0. The fraction of sp³-hybridized carbons (Fsp3) is 0.538. The SMILES string of the molecule is O=S(=O)(c1cc(F)ccc1Cl)N(CCO)CC1CCCN1. The lowest BCUT2D eigenvalue weighted by atomic mass is 10.2. The normalized spacial score (nSPS) is 19.3. The molecule has 0 aliphatic carbocycles. The van der Waals surface area contributed by atoms with Crippen molar-refractivity contribution in [3.63, 3.8) is 0 Å². The second kappa shape index (κ2) is 7.02.